The van der Waals surface area contributed by atoms with E-state index in [2.05, 4.69) is 10.3 Å². The Morgan fingerprint density at radius 1 is 1.34 bits per heavy atom. The summed E-state index contributed by atoms with van der Waals surface area (Å²) in [6.07, 6.45) is -3.17. The third-order valence-electron chi connectivity index (χ3n) is 4.78. The van der Waals surface area contributed by atoms with E-state index < -0.39 is 12.8 Å². The van der Waals surface area contributed by atoms with E-state index >= 15 is 0 Å². The van der Waals surface area contributed by atoms with Gasteiger partial charge < -0.3 is 14.5 Å². The molecule has 0 spiro atoms. The van der Waals surface area contributed by atoms with Gasteiger partial charge in [0.2, 0.25) is 5.91 Å². The number of aromatic nitrogens is 1. The molecular formula is C20H19F3N2O3S. The lowest BCUT2D eigenvalue weighted by molar-refractivity contribution is -0.152. The highest BCUT2D eigenvalue weighted by Crippen LogP contribution is 2.49. The predicted octanol–water partition coefficient (Wildman–Crippen LogP) is 5.20. The van der Waals surface area contributed by atoms with Gasteiger partial charge in [0.25, 0.3) is 0 Å². The van der Waals surface area contributed by atoms with E-state index in [9.17, 15) is 18.0 Å². The van der Waals surface area contributed by atoms with E-state index in [0.29, 0.717) is 12.3 Å². The molecule has 0 unspecified atom stereocenters. The number of halogens is 3. The molecule has 4 rings (SSSR count). The Balaban J connectivity index is 1.27. The van der Waals surface area contributed by atoms with Gasteiger partial charge in [-0.3, -0.25) is 4.79 Å². The van der Waals surface area contributed by atoms with Crippen molar-refractivity contribution in [3.8, 4) is 5.06 Å². The highest BCUT2D eigenvalue weighted by atomic mass is 32.1. The van der Waals surface area contributed by atoms with E-state index in [4.69, 9.17) is 9.15 Å². The number of ether oxygens (including phenoxy) is 1. The van der Waals surface area contributed by atoms with Gasteiger partial charge in [-0.1, -0.05) is 12.1 Å². The van der Waals surface area contributed by atoms with Crippen LogP contribution in [-0.4, -0.2) is 23.7 Å². The normalized spacial score (nSPS) is 19.9. The standard InChI is InChI=1S/C20H19F3N2O3S/c1-11(16-6-7-18(29-16)27-10-20(21,22)23)24-17(26)9-12-8-13(12)19-25-14-4-2-3-5-15(14)28-19/h2-7,11-13H,8-10H2,1H3,(H,24,26)/t11-,12-,13-/m1/s1. The third kappa shape index (κ3) is 4.90. The largest absolute Gasteiger partial charge is 0.475 e. The number of hydrogen-bond donors (Lipinski definition) is 1. The minimum Gasteiger partial charge on any atom is -0.475 e. The molecule has 1 fully saturated rings. The molecule has 154 valence electrons. The third-order valence-corrected chi connectivity index (χ3v) is 5.96. The molecule has 29 heavy (non-hydrogen) atoms. The number of para-hydroxylation sites is 2. The number of benzene rings is 1. The zero-order valence-electron chi connectivity index (χ0n) is 15.5. The summed E-state index contributed by atoms with van der Waals surface area (Å²) in [5.74, 6) is 0.894. The minimum atomic E-state index is -4.38. The van der Waals surface area contributed by atoms with Crippen molar-refractivity contribution < 1.29 is 27.1 Å². The van der Waals surface area contributed by atoms with Crippen molar-refractivity contribution in [2.45, 2.75) is 37.9 Å². The number of alkyl halides is 3. The van der Waals surface area contributed by atoms with Crippen LogP contribution in [0.3, 0.4) is 0 Å². The first kappa shape index (κ1) is 19.8. The van der Waals surface area contributed by atoms with Crippen molar-refractivity contribution in [3.05, 3.63) is 47.2 Å². The van der Waals surface area contributed by atoms with Gasteiger partial charge in [-0.05, 0) is 43.5 Å². The predicted molar refractivity (Wildman–Crippen MR) is 102 cm³/mol. The van der Waals surface area contributed by atoms with Gasteiger partial charge in [-0.2, -0.15) is 13.2 Å². The van der Waals surface area contributed by atoms with Crippen LogP contribution in [0.2, 0.25) is 0 Å². The van der Waals surface area contributed by atoms with Crippen LogP contribution < -0.4 is 10.1 Å². The average molecular weight is 424 g/mol. The second-order valence-corrected chi connectivity index (χ2v) is 8.25. The fourth-order valence-corrected chi connectivity index (χ4v) is 4.09. The molecule has 2 aromatic heterocycles. The quantitative estimate of drug-likeness (QED) is 0.566. The van der Waals surface area contributed by atoms with Crippen LogP contribution in [0.5, 0.6) is 5.06 Å². The number of carbonyl (C=O) groups excluding carboxylic acids is 1. The number of thiophene rings is 1. The van der Waals surface area contributed by atoms with Crippen LogP contribution in [0, 0.1) is 5.92 Å². The SMILES string of the molecule is C[C@@H](NC(=O)C[C@H]1C[C@H]1c1nc2ccccc2o1)c1ccc(OCC(F)(F)F)s1. The molecule has 1 aliphatic rings. The maximum atomic E-state index is 12.4. The lowest BCUT2D eigenvalue weighted by atomic mass is 10.2. The zero-order valence-corrected chi connectivity index (χ0v) is 16.3. The molecule has 1 amide bonds. The Kier molecular flexibility index (Phi) is 5.24. The van der Waals surface area contributed by atoms with Crippen molar-refractivity contribution in [1.82, 2.24) is 10.3 Å². The molecule has 1 aliphatic carbocycles. The van der Waals surface area contributed by atoms with Crippen molar-refractivity contribution in [2.75, 3.05) is 6.61 Å². The minimum absolute atomic E-state index is 0.104. The first-order valence-corrected chi connectivity index (χ1v) is 10.0. The van der Waals surface area contributed by atoms with E-state index in [0.717, 1.165) is 33.7 Å². The second kappa shape index (κ2) is 7.70. The summed E-state index contributed by atoms with van der Waals surface area (Å²) in [5.41, 5.74) is 1.56. The molecule has 1 aromatic carbocycles. The van der Waals surface area contributed by atoms with Gasteiger partial charge in [-0.25, -0.2) is 4.98 Å². The van der Waals surface area contributed by atoms with Crippen LogP contribution in [0.25, 0.3) is 11.1 Å². The first-order valence-electron chi connectivity index (χ1n) is 9.22. The molecule has 0 aliphatic heterocycles. The number of amides is 1. The highest BCUT2D eigenvalue weighted by molar-refractivity contribution is 7.13. The second-order valence-electron chi connectivity index (χ2n) is 7.18. The van der Waals surface area contributed by atoms with E-state index in [-0.39, 0.29) is 28.8 Å². The summed E-state index contributed by atoms with van der Waals surface area (Å²) < 4.78 is 47.2. The molecule has 1 N–H and O–H groups in total. The molecule has 9 heteroatoms. The molecular weight excluding hydrogens is 405 g/mol. The monoisotopic (exact) mass is 424 g/mol. The fourth-order valence-electron chi connectivity index (χ4n) is 3.23. The van der Waals surface area contributed by atoms with E-state index in [1.165, 1.54) is 6.07 Å². The number of carbonyl (C=O) groups is 1. The van der Waals surface area contributed by atoms with E-state index in [1.54, 1.807) is 13.0 Å². The summed E-state index contributed by atoms with van der Waals surface area (Å²) in [4.78, 5) is 17.6. The Hall–Kier alpha value is -2.55. The lowest BCUT2D eigenvalue weighted by Gasteiger charge is -2.12. The number of nitrogens with one attached hydrogen (secondary N) is 1. The van der Waals surface area contributed by atoms with Crippen molar-refractivity contribution in [1.29, 1.82) is 0 Å². The molecule has 3 atom stereocenters. The van der Waals surface area contributed by atoms with Gasteiger partial charge in [-0.15, -0.1) is 11.3 Å². The van der Waals surface area contributed by atoms with Crippen LogP contribution >= 0.6 is 11.3 Å². The van der Waals surface area contributed by atoms with E-state index in [1.807, 2.05) is 24.3 Å². The summed E-state index contributed by atoms with van der Waals surface area (Å²) in [7, 11) is 0. The summed E-state index contributed by atoms with van der Waals surface area (Å²) >= 11 is 1.10. The van der Waals surface area contributed by atoms with Crippen molar-refractivity contribution >= 4 is 28.3 Å². The Labute approximate surface area is 168 Å². The molecule has 0 bridgehead atoms. The van der Waals surface area contributed by atoms with Gasteiger partial charge in [0.05, 0.1) is 6.04 Å². The average Bonchev–Trinajstić information content (AvgIpc) is 3.08. The molecule has 0 saturated heterocycles. The Bertz CT molecular complexity index is 981. The Morgan fingerprint density at radius 3 is 2.90 bits per heavy atom. The molecule has 1 saturated carbocycles. The number of oxazole rings is 1. The van der Waals surface area contributed by atoms with Crippen LogP contribution in [0.15, 0.2) is 40.8 Å². The summed E-state index contributed by atoms with van der Waals surface area (Å²) in [6.45, 7) is 0.467. The Morgan fingerprint density at radius 2 is 2.14 bits per heavy atom. The zero-order chi connectivity index (χ0) is 20.6. The highest BCUT2D eigenvalue weighted by Gasteiger charge is 2.43. The maximum absolute atomic E-state index is 12.4. The molecule has 0 radical (unpaired) electrons. The number of fused-ring (bicyclic) bond motifs is 1. The van der Waals surface area contributed by atoms with Crippen molar-refractivity contribution in [2.24, 2.45) is 5.92 Å². The van der Waals surface area contributed by atoms with Gasteiger partial charge >= 0.3 is 6.18 Å². The number of rotatable bonds is 7. The fraction of sp³-hybridized carbons (Fsp3) is 0.400. The number of hydrogen-bond acceptors (Lipinski definition) is 5. The number of nitrogens with zero attached hydrogens (tertiary/aromatic N) is 1. The molecule has 5 nitrogen and oxygen atoms in total. The van der Waals surface area contributed by atoms with Crippen LogP contribution in [-0.2, 0) is 4.79 Å². The topological polar surface area (TPSA) is 64.4 Å². The lowest BCUT2D eigenvalue weighted by Crippen LogP contribution is -2.26. The summed E-state index contributed by atoms with van der Waals surface area (Å²) in [6, 6.07) is 10.4. The van der Waals surface area contributed by atoms with Crippen LogP contribution in [0.1, 0.15) is 42.5 Å². The van der Waals surface area contributed by atoms with Crippen LogP contribution in [0.4, 0.5) is 13.2 Å². The summed E-state index contributed by atoms with van der Waals surface area (Å²) in [5, 5.41) is 3.07. The molecule has 3 aromatic rings. The maximum Gasteiger partial charge on any atom is 0.422 e. The smallest absolute Gasteiger partial charge is 0.422 e. The first-order chi connectivity index (χ1) is 13.8. The molecule has 2 heterocycles. The van der Waals surface area contributed by atoms with Gasteiger partial charge in [0.15, 0.2) is 23.1 Å². The van der Waals surface area contributed by atoms with Gasteiger partial charge in [0, 0.05) is 17.2 Å². The van der Waals surface area contributed by atoms with Gasteiger partial charge in [0.1, 0.15) is 5.52 Å². The van der Waals surface area contributed by atoms with Crippen molar-refractivity contribution in [3.63, 3.8) is 0 Å².